The molecule has 0 saturated carbocycles. The van der Waals surface area contributed by atoms with E-state index < -0.39 is 34.6 Å². The SMILES string of the molecule is CCCC(C)Nc1c(F)c(F)c(N)c(F)c1F. The summed E-state index contributed by atoms with van der Waals surface area (Å²) in [7, 11) is 0. The Bertz CT molecular complexity index is 391. The van der Waals surface area contributed by atoms with Crippen molar-refractivity contribution in [2.24, 2.45) is 0 Å². The Balaban J connectivity index is 3.16. The summed E-state index contributed by atoms with van der Waals surface area (Å²) < 4.78 is 53.0. The maximum atomic E-state index is 13.4. The molecule has 96 valence electrons. The lowest BCUT2D eigenvalue weighted by Gasteiger charge is -2.16. The summed E-state index contributed by atoms with van der Waals surface area (Å²) in [6.45, 7) is 3.55. The van der Waals surface area contributed by atoms with Gasteiger partial charge in [0, 0.05) is 6.04 Å². The lowest BCUT2D eigenvalue weighted by Crippen LogP contribution is -2.18. The molecule has 0 radical (unpaired) electrons. The zero-order chi connectivity index (χ0) is 13.2. The number of hydrogen-bond donors (Lipinski definition) is 2. The summed E-state index contributed by atoms with van der Waals surface area (Å²) in [6, 6.07) is -0.300. The summed E-state index contributed by atoms with van der Waals surface area (Å²) >= 11 is 0. The van der Waals surface area contributed by atoms with Gasteiger partial charge in [0.15, 0.2) is 23.3 Å². The van der Waals surface area contributed by atoms with E-state index in [0.29, 0.717) is 6.42 Å². The van der Waals surface area contributed by atoms with Gasteiger partial charge in [-0.2, -0.15) is 0 Å². The van der Waals surface area contributed by atoms with Gasteiger partial charge in [-0.05, 0) is 13.3 Å². The maximum Gasteiger partial charge on any atom is 0.187 e. The van der Waals surface area contributed by atoms with Crippen molar-refractivity contribution in [2.45, 2.75) is 32.7 Å². The number of hydrogen-bond acceptors (Lipinski definition) is 2. The third-order valence-electron chi connectivity index (χ3n) is 2.41. The van der Waals surface area contributed by atoms with Crippen LogP contribution < -0.4 is 11.1 Å². The van der Waals surface area contributed by atoms with Crippen molar-refractivity contribution >= 4 is 11.4 Å². The topological polar surface area (TPSA) is 38.0 Å². The van der Waals surface area contributed by atoms with E-state index in [9.17, 15) is 17.6 Å². The van der Waals surface area contributed by atoms with E-state index in [2.05, 4.69) is 5.32 Å². The Hall–Kier alpha value is -1.46. The van der Waals surface area contributed by atoms with Crippen LogP contribution in [-0.4, -0.2) is 6.04 Å². The van der Waals surface area contributed by atoms with Crippen molar-refractivity contribution in [2.75, 3.05) is 11.1 Å². The van der Waals surface area contributed by atoms with Crippen molar-refractivity contribution in [3.63, 3.8) is 0 Å². The highest BCUT2D eigenvalue weighted by Crippen LogP contribution is 2.30. The van der Waals surface area contributed by atoms with Crippen molar-refractivity contribution in [1.29, 1.82) is 0 Å². The molecule has 6 heteroatoms. The minimum Gasteiger partial charge on any atom is -0.394 e. The number of anilines is 2. The summed E-state index contributed by atoms with van der Waals surface area (Å²) in [5.74, 6) is -6.14. The van der Waals surface area contributed by atoms with E-state index >= 15 is 0 Å². The molecule has 0 aliphatic carbocycles. The van der Waals surface area contributed by atoms with E-state index in [4.69, 9.17) is 5.73 Å². The molecule has 3 N–H and O–H groups in total. The van der Waals surface area contributed by atoms with Crippen LogP contribution in [0.5, 0.6) is 0 Å². The number of nitrogen functional groups attached to an aromatic ring is 1. The van der Waals surface area contributed by atoms with Crippen LogP contribution in [0.4, 0.5) is 28.9 Å². The van der Waals surface area contributed by atoms with Crippen LogP contribution in [0.1, 0.15) is 26.7 Å². The van der Waals surface area contributed by atoms with Gasteiger partial charge in [-0.1, -0.05) is 13.3 Å². The number of halogens is 4. The Labute approximate surface area is 96.8 Å². The first-order valence-electron chi connectivity index (χ1n) is 5.28. The molecule has 1 aromatic rings. The van der Waals surface area contributed by atoms with Crippen LogP contribution >= 0.6 is 0 Å². The molecule has 0 saturated heterocycles. The van der Waals surface area contributed by atoms with Gasteiger partial charge in [-0.3, -0.25) is 0 Å². The maximum absolute atomic E-state index is 13.4. The van der Waals surface area contributed by atoms with Gasteiger partial charge < -0.3 is 11.1 Å². The smallest absolute Gasteiger partial charge is 0.187 e. The molecule has 1 rings (SSSR count). The molecule has 0 fully saturated rings. The van der Waals surface area contributed by atoms with Gasteiger partial charge in [0.1, 0.15) is 11.4 Å². The van der Waals surface area contributed by atoms with Crippen LogP contribution in [0.25, 0.3) is 0 Å². The van der Waals surface area contributed by atoms with Crippen LogP contribution in [0.15, 0.2) is 0 Å². The second-order valence-corrected chi connectivity index (χ2v) is 3.88. The van der Waals surface area contributed by atoms with E-state index in [1.807, 2.05) is 6.92 Å². The quantitative estimate of drug-likeness (QED) is 0.488. The monoisotopic (exact) mass is 250 g/mol. The summed E-state index contributed by atoms with van der Waals surface area (Å²) in [4.78, 5) is 0. The predicted octanol–water partition coefficient (Wildman–Crippen LogP) is 3.43. The molecule has 1 aromatic carbocycles. The number of nitrogens with one attached hydrogen (secondary N) is 1. The fourth-order valence-electron chi connectivity index (χ4n) is 1.53. The standard InChI is InChI=1S/C11H14F4N2/c1-3-4-5(2)17-11-8(14)6(12)10(16)7(13)9(11)15/h5,17H,3-4,16H2,1-2H3. The summed E-state index contributed by atoms with van der Waals surface area (Å²) in [6.07, 6.45) is 1.39. The molecule has 1 unspecified atom stereocenters. The lowest BCUT2D eigenvalue weighted by atomic mass is 10.1. The molecule has 17 heavy (non-hydrogen) atoms. The van der Waals surface area contributed by atoms with Crippen LogP contribution in [0, 0.1) is 23.3 Å². The fraction of sp³-hybridized carbons (Fsp3) is 0.455. The normalized spacial score (nSPS) is 12.6. The Kier molecular flexibility index (Phi) is 4.20. The Morgan fingerprint density at radius 3 is 1.94 bits per heavy atom. The average Bonchev–Trinajstić information content (AvgIpc) is 2.30. The second kappa shape index (κ2) is 5.25. The average molecular weight is 250 g/mol. The van der Waals surface area contributed by atoms with E-state index in [-0.39, 0.29) is 6.04 Å². The molecule has 2 nitrogen and oxygen atoms in total. The highest BCUT2D eigenvalue weighted by molar-refractivity contribution is 5.56. The third-order valence-corrected chi connectivity index (χ3v) is 2.41. The van der Waals surface area contributed by atoms with Gasteiger partial charge in [-0.25, -0.2) is 17.6 Å². The zero-order valence-corrected chi connectivity index (χ0v) is 9.58. The number of benzene rings is 1. The molecule has 0 amide bonds. The van der Waals surface area contributed by atoms with Crippen LogP contribution in [0.2, 0.25) is 0 Å². The first kappa shape index (κ1) is 13.6. The largest absolute Gasteiger partial charge is 0.394 e. The molecular weight excluding hydrogens is 236 g/mol. The first-order chi connectivity index (χ1) is 7.90. The second-order valence-electron chi connectivity index (χ2n) is 3.88. The van der Waals surface area contributed by atoms with E-state index in [1.165, 1.54) is 0 Å². The van der Waals surface area contributed by atoms with E-state index in [1.54, 1.807) is 6.92 Å². The Morgan fingerprint density at radius 2 is 1.53 bits per heavy atom. The van der Waals surface area contributed by atoms with Crippen molar-refractivity contribution in [1.82, 2.24) is 0 Å². The lowest BCUT2D eigenvalue weighted by molar-refractivity contribution is 0.462. The van der Waals surface area contributed by atoms with Crippen molar-refractivity contribution in [3.05, 3.63) is 23.3 Å². The molecular formula is C11H14F4N2. The summed E-state index contributed by atoms with van der Waals surface area (Å²) in [5, 5.41) is 2.40. The van der Waals surface area contributed by atoms with Gasteiger partial charge in [-0.15, -0.1) is 0 Å². The third kappa shape index (κ3) is 2.62. The van der Waals surface area contributed by atoms with E-state index in [0.717, 1.165) is 6.42 Å². The van der Waals surface area contributed by atoms with Gasteiger partial charge in [0.2, 0.25) is 0 Å². The minimum absolute atomic E-state index is 0.300. The van der Waals surface area contributed by atoms with Crippen molar-refractivity contribution < 1.29 is 17.6 Å². The molecule has 0 spiro atoms. The minimum atomic E-state index is -1.57. The first-order valence-corrected chi connectivity index (χ1v) is 5.28. The van der Waals surface area contributed by atoms with Crippen LogP contribution in [-0.2, 0) is 0 Å². The zero-order valence-electron chi connectivity index (χ0n) is 9.58. The van der Waals surface area contributed by atoms with Crippen LogP contribution in [0.3, 0.4) is 0 Å². The Morgan fingerprint density at radius 1 is 1.06 bits per heavy atom. The molecule has 1 atom stereocenters. The molecule has 0 heterocycles. The number of rotatable bonds is 4. The van der Waals surface area contributed by atoms with Gasteiger partial charge >= 0.3 is 0 Å². The highest BCUT2D eigenvalue weighted by atomic mass is 19.2. The predicted molar refractivity (Wildman–Crippen MR) is 58.7 cm³/mol. The highest BCUT2D eigenvalue weighted by Gasteiger charge is 2.24. The molecule has 0 aromatic heterocycles. The molecule has 0 bridgehead atoms. The van der Waals surface area contributed by atoms with Gasteiger partial charge in [0.25, 0.3) is 0 Å². The van der Waals surface area contributed by atoms with Crippen molar-refractivity contribution in [3.8, 4) is 0 Å². The number of nitrogens with two attached hydrogens (primary N) is 1. The fourth-order valence-corrected chi connectivity index (χ4v) is 1.53. The molecule has 0 aliphatic rings. The van der Waals surface area contributed by atoms with Gasteiger partial charge in [0.05, 0.1) is 0 Å². The molecule has 0 aliphatic heterocycles. The summed E-state index contributed by atoms with van der Waals surface area (Å²) in [5.41, 5.74) is 2.93.